The zero-order valence-corrected chi connectivity index (χ0v) is 18.4. The average Bonchev–Trinajstić information content (AvgIpc) is 3.05. The summed E-state index contributed by atoms with van der Waals surface area (Å²) in [5.74, 6) is 0.0461. The normalized spacial score (nSPS) is 29.0. The van der Waals surface area contributed by atoms with Crippen LogP contribution in [0.15, 0.2) is 18.2 Å². The van der Waals surface area contributed by atoms with Gasteiger partial charge in [0.05, 0.1) is 0 Å². The topological polar surface area (TPSA) is 81.8 Å². The van der Waals surface area contributed by atoms with Crippen molar-refractivity contribution in [1.29, 1.82) is 0 Å². The Morgan fingerprint density at radius 3 is 2.52 bits per heavy atom. The molecule has 0 bridgehead atoms. The molecule has 7 nitrogen and oxygen atoms in total. The van der Waals surface area contributed by atoms with E-state index in [1.165, 1.54) is 12.8 Å². The smallest absolute Gasteiger partial charge is 0.255 e. The molecule has 166 valence electrons. The van der Waals surface area contributed by atoms with Crippen LogP contribution in [0.2, 0.25) is 0 Å². The molecule has 0 aliphatic carbocycles. The van der Waals surface area contributed by atoms with Crippen molar-refractivity contribution in [3.8, 4) is 0 Å². The van der Waals surface area contributed by atoms with E-state index in [9.17, 15) is 14.4 Å². The second kappa shape index (κ2) is 7.71. The van der Waals surface area contributed by atoms with Crippen molar-refractivity contribution >= 4 is 17.7 Å². The minimum absolute atomic E-state index is 0.0941. The molecule has 2 atom stereocenters. The van der Waals surface area contributed by atoms with E-state index in [4.69, 9.17) is 0 Å². The molecule has 0 spiro atoms. The standard InChI is InChI=1S/C24H32N4O3/c1-24(2)14-25-21(24)16-7-9-27(10-8-16)12-15-3-4-17-13-28(23(31)18(17)11-15)19-5-6-20(29)26-22(19)30/h3-4,11,16,19,21,25H,5-10,12-14H2,1-2H3,(H,26,29,30). The van der Waals surface area contributed by atoms with Crippen molar-refractivity contribution in [3.63, 3.8) is 0 Å². The van der Waals surface area contributed by atoms with Gasteiger partial charge in [0.25, 0.3) is 5.91 Å². The monoisotopic (exact) mass is 424 g/mol. The number of imide groups is 1. The lowest BCUT2D eigenvalue weighted by Gasteiger charge is -2.51. The molecule has 4 aliphatic rings. The highest BCUT2D eigenvalue weighted by Crippen LogP contribution is 2.37. The van der Waals surface area contributed by atoms with Gasteiger partial charge in [-0.25, -0.2) is 0 Å². The first-order valence-corrected chi connectivity index (χ1v) is 11.5. The summed E-state index contributed by atoms with van der Waals surface area (Å²) in [6.07, 6.45) is 3.12. The van der Waals surface area contributed by atoms with Crippen LogP contribution in [0.5, 0.6) is 0 Å². The van der Waals surface area contributed by atoms with Gasteiger partial charge in [-0.15, -0.1) is 0 Å². The van der Waals surface area contributed by atoms with Crippen molar-refractivity contribution in [3.05, 3.63) is 34.9 Å². The highest BCUT2D eigenvalue weighted by molar-refractivity contribution is 6.05. The molecule has 0 radical (unpaired) electrons. The number of nitrogens with zero attached hydrogens (tertiary/aromatic N) is 2. The Morgan fingerprint density at radius 1 is 1.10 bits per heavy atom. The van der Waals surface area contributed by atoms with Crippen LogP contribution >= 0.6 is 0 Å². The molecule has 4 heterocycles. The fraction of sp³-hybridized carbons (Fsp3) is 0.625. The van der Waals surface area contributed by atoms with E-state index in [-0.39, 0.29) is 24.1 Å². The van der Waals surface area contributed by atoms with Gasteiger partial charge in [-0.3, -0.25) is 24.6 Å². The summed E-state index contributed by atoms with van der Waals surface area (Å²) in [5.41, 5.74) is 3.24. The maximum Gasteiger partial charge on any atom is 0.255 e. The number of piperidine rings is 2. The van der Waals surface area contributed by atoms with Crippen LogP contribution in [0.1, 0.15) is 61.0 Å². The molecule has 0 aromatic heterocycles. The second-order valence-electron chi connectivity index (χ2n) is 10.4. The first kappa shape index (κ1) is 20.6. The number of nitrogens with one attached hydrogen (secondary N) is 2. The van der Waals surface area contributed by atoms with Gasteiger partial charge in [-0.05, 0) is 60.9 Å². The Kier molecular flexibility index (Phi) is 5.13. The molecule has 3 fully saturated rings. The zero-order valence-electron chi connectivity index (χ0n) is 18.4. The Labute approximate surface area is 183 Å². The van der Waals surface area contributed by atoms with Gasteiger partial charge >= 0.3 is 0 Å². The highest BCUT2D eigenvalue weighted by Gasteiger charge is 2.43. The lowest BCUT2D eigenvalue weighted by molar-refractivity contribution is -0.136. The van der Waals surface area contributed by atoms with E-state index in [2.05, 4.69) is 35.4 Å². The molecule has 0 saturated carbocycles. The molecule has 1 aromatic carbocycles. The number of carbonyl (C=O) groups is 3. The van der Waals surface area contributed by atoms with Crippen LogP contribution in [0.3, 0.4) is 0 Å². The molecule has 1 aromatic rings. The lowest BCUT2D eigenvalue weighted by atomic mass is 9.68. The predicted octanol–water partition coefficient (Wildman–Crippen LogP) is 1.66. The number of fused-ring (bicyclic) bond motifs is 1. The number of benzene rings is 1. The number of carbonyl (C=O) groups excluding carboxylic acids is 3. The lowest BCUT2D eigenvalue weighted by Crippen LogP contribution is -2.63. The van der Waals surface area contributed by atoms with Gasteiger partial charge in [-0.1, -0.05) is 26.0 Å². The van der Waals surface area contributed by atoms with Gasteiger partial charge in [0.1, 0.15) is 6.04 Å². The minimum atomic E-state index is -0.551. The summed E-state index contributed by atoms with van der Waals surface area (Å²) in [7, 11) is 0. The third kappa shape index (κ3) is 3.78. The van der Waals surface area contributed by atoms with Crippen molar-refractivity contribution < 1.29 is 14.4 Å². The Balaban J connectivity index is 1.20. The first-order valence-electron chi connectivity index (χ1n) is 11.5. The van der Waals surface area contributed by atoms with E-state index in [0.29, 0.717) is 30.0 Å². The van der Waals surface area contributed by atoms with Crippen molar-refractivity contribution in [2.75, 3.05) is 19.6 Å². The quantitative estimate of drug-likeness (QED) is 0.719. The van der Waals surface area contributed by atoms with Crippen LogP contribution in [-0.2, 0) is 22.7 Å². The summed E-state index contributed by atoms with van der Waals surface area (Å²) in [4.78, 5) is 40.8. The van der Waals surface area contributed by atoms with E-state index < -0.39 is 6.04 Å². The van der Waals surface area contributed by atoms with Gasteiger partial charge < -0.3 is 10.2 Å². The summed E-state index contributed by atoms with van der Waals surface area (Å²) in [6.45, 7) is 9.32. The molecule has 4 aliphatic heterocycles. The predicted molar refractivity (Wildman–Crippen MR) is 116 cm³/mol. The largest absolute Gasteiger partial charge is 0.322 e. The summed E-state index contributed by atoms with van der Waals surface area (Å²) in [6, 6.07) is 6.24. The van der Waals surface area contributed by atoms with E-state index in [1.54, 1.807) is 4.90 Å². The maximum absolute atomic E-state index is 13.0. The first-order chi connectivity index (χ1) is 14.8. The number of hydrogen-bond donors (Lipinski definition) is 2. The third-order valence-corrected chi connectivity index (χ3v) is 7.72. The van der Waals surface area contributed by atoms with E-state index >= 15 is 0 Å². The van der Waals surface area contributed by atoms with Crippen molar-refractivity contribution in [2.24, 2.45) is 11.3 Å². The number of likely N-dealkylation sites (tertiary alicyclic amines) is 1. The molecular weight excluding hydrogens is 392 g/mol. The van der Waals surface area contributed by atoms with Crippen LogP contribution < -0.4 is 10.6 Å². The van der Waals surface area contributed by atoms with E-state index in [1.807, 2.05) is 12.1 Å². The molecule has 31 heavy (non-hydrogen) atoms. The Morgan fingerprint density at radius 2 is 1.87 bits per heavy atom. The summed E-state index contributed by atoms with van der Waals surface area (Å²) in [5, 5.41) is 5.99. The number of amides is 3. The summed E-state index contributed by atoms with van der Waals surface area (Å²) >= 11 is 0. The van der Waals surface area contributed by atoms with Crippen LogP contribution in [0.25, 0.3) is 0 Å². The zero-order chi connectivity index (χ0) is 21.8. The molecule has 7 heteroatoms. The average molecular weight is 425 g/mol. The van der Waals surface area contributed by atoms with Gasteiger partial charge in [0, 0.05) is 37.7 Å². The summed E-state index contributed by atoms with van der Waals surface area (Å²) < 4.78 is 0. The van der Waals surface area contributed by atoms with Gasteiger partial charge in [0.2, 0.25) is 11.8 Å². The van der Waals surface area contributed by atoms with E-state index in [0.717, 1.165) is 43.2 Å². The fourth-order valence-corrected chi connectivity index (χ4v) is 5.84. The minimum Gasteiger partial charge on any atom is -0.322 e. The van der Waals surface area contributed by atoms with Crippen LogP contribution in [-0.4, -0.2) is 59.2 Å². The molecule has 2 N–H and O–H groups in total. The van der Waals surface area contributed by atoms with Crippen LogP contribution in [0, 0.1) is 11.3 Å². The number of hydrogen-bond acceptors (Lipinski definition) is 5. The number of rotatable bonds is 4. The van der Waals surface area contributed by atoms with Crippen LogP contribution in [0.4, 0.5) is 0 Å². The highest BCUT2D eigenvalue weighted by atomic mass is 16.2. The molecular formula is C24H32N4O3. The molecule has 2 unspecified atom stereocenters. The van der Waals surface area contributed by atoms with Gasteiger partial charge in [0.15, 0.2) is 0 Å². The molecule has 5 rings (SSSR count). The maximum atomic E-state index is 13.0. The third-order valence-electron chi connectivity index (χ3n) is 7.72. The Bertz CT molecular complexity index is 919. The molecule has 3 saturated heterocycles. The van der Waals surface area contributed by atoms with Gasteiger partial charge in [-0.2, -0.15) is 0 Å². The fourth-order valence-electron chi connectivity index (χ4n) is 5.84. The Hall–Kier alpha value is -2.25. The molecule has 3 amide bonds. The van der Waals surface area contributed by atoms with Crippen molar-refractivity contribution in [2.45, 2.75) is 64.7 Å². The van der Waals surface area contributed by atoms with Crippen molar-refractivity contribution in [1.82, 2.24) is 20.4 Å². The second-order valence-corrected chi connectivity index (χ2v) is 10.4. The SMILES string of the molecule is CC1(C)CNC1C1CCN(Cc2ccc3c(c2)C(=O)N(C2CCC(=O)NC2=O)C3)CC1.